The Morgan fingerprint density at radius 2 is 1.85 bits per heavy atom. The van der Waals surface area contributed by atoms with Crippen LogP contribution in [-0.2, 0) is 13.1 Å². The van der Waals surface area contributed by atoms with Crippen LogP contribution in [0.2, 0.25) is 0 Å². The molecule has 2 N–H and O–H groups in total. The molecule has 0 spiro atoms. The van der Waals surface area contributed by atoms with E-state index in [4.69, 9.17) is 0 Å². The summed E-state index contributed by atoms with van der Waals surface area (Å²) >= 11 is 0. The Morgan fingerprint density at radius 3 is 2.54 bits per heavy atom. The molecule has 0 bridgehead atoms. The molecule has 0 fully saturated rings. The second kappa shape index (κ2) is 9.41. The van der Waals surface area contributed by atoms with Crippen LogP contribution in [0.4, 0.5) is 0 Å². The molecular formula is C19H25N7. The fourth-order valence-corrected chi connectivity index (χ4v) is 2.57. The third-order valence-electron chi connectivity index (χ3n) is 3.88. The maximum Gasteiger partial charge on any atom is 0.191 e. The highest BCUT2D eigenvalue weighted by Crippen LogP contribution is 2.09. The summed E-state index contributed by atoms with van der Waals surface area (Å²) in [7, 11) is 0. The lowest BCUT2D eigenvalue weighted by Crippen LogP contribution is -2.38. The van der Waals surface area contributed by atoms with Gasteiger partial charge >= 0.3 is 0 Å². The maximum atomic E-state index is 4.66. The van der Waals surface area contributed by atoms with Crippen molar-refractivity contribution in [3.8, 4) is 5.69 Å². The van der Waals surface area contributed by atoms with E-state index < -0.39 is 0 Å². The standard InChI is InChI=1S/C19H25N7/c1-2-20-19(21-10-3-13-25-14-4-11-23-25)22-16-17-6-8-18(9-7-17)26-15-5-12-24-26/h4-9,11-12,14-15H,2-3,10,13,16H2,1H3,(H2,20,21,22). The van der Waals surface area contributed by atoms with E-state index in [1.54, 1.807) is 12.4 Å². The summed E-state index contributed by atoms with van der Waals surface area (Å²) in [6.07, 6.45) is 8.48. The molecule has 3 rings (SSSR count). The Labute approximate surface area is 153 Å². The van der Waals surface area contributed by atoms with Crippen LogP contribution in [0.5, 0.6) is 0 Å². The summed E-state index contributed by atoms with van der Waals surface area (Å²) in [6, 6.07) is 12.1. The molecule has 0 saturated carbocycles. The predicted octanol–water partition coefficient (Wildman–Crippen LogP) is 2.21. The molecule has 0 unspecified atom stereocenters. The van der Waals surface area contributed by atoms with Gasteiger partial charge in [0.05, 0.1) is 12.2 Å². The number of benzene rings is 1. The van der Waals surface area contributed by atoms with Gasteiger partial charge in [0.2, 0.25) is 0 Å². The Hall–Kier alpha value is -3.09. The Kier molecular flexibility index (Phi) is 6.41. The number of hydrogen-bond acceptors (Lipinski definition) is 3. The van der Waals surface area contributed by atoms with Gasteiger partial charge in [-0.2, -0.15) is 10.2 Å². The lowest BCUT2D eigenvalue weighted by atomic mass is 10.2. The molecule has 0 aliphatic rings. The number of nitrogens with one attached hydrogen (secondary N) is 2. The molecule has 2 aromatic heterocycles. The molecule has 0 amide bonds. The molecule has 0 saturated heterocycles. The summed E-state index contributed by atoms with van der Waals surface area (Å²) in [5, 5.41) is 15.1. The fourth-order valence-electron chi connectivity index (χ4n) is 2.57. The van der Waals surface area contributed by atoms with E-state index in [0.717, 1.165) is 43.3 Å². The normalized spacial score (nSPS) is 11.5. The average Bonchev–Trinajstić information content (AvgIpc) is 3.37. The first kappa shape index (κ1) is 17.7. The number of aromatic nitrogens is 4. The van der Waals surface area contributed by atoms with Gasteiger partial charge in [-0.25, -0.2) is 9.67 Å². The first-order valence-electron chi connectivity index (χ1n) is 8.93. The van der Waals surface area contributed by atoms with Crippen molar-refractivity contribution >= 4 is 5.96 Å². The molecular weight excluding hydrogens is 326 g/mol. The Bertz CT molecular complexity index is 774. The lowest BCUT2D eigenvalue weighted by Gasteiger charge is -2.11. The minimum Gasteiger partial charge on any atom is -0.357 e. The van der Waals surface area contributed by atoms with E-state index in [1.807, 2.05) is 33.9 Å². The highest BCUT2D eigenvalue weighted by Gasteiger charge is 2.00. The second-order valence-electron chi connectivity index (χ2n) is 5.86. The van der Waals surface area contributed by atoms with Gasteiger partial charge in [-0.1, -0.05) is 12.1 Å². The van der Waals surface area contributed by atoms with Gasteiger partial charge in [-0.05, 0) is 43.2 Å². The van der Waals surface area contributed by atoms with Crippen molar-refractivity contribution in [1.82, 2.24) is 30.2 Å². The highest BCUT2D eigenvalue weighted by atomic mass is 15.3. The number of hydrogen-bond donors (Lipinski definition) is 2. The van der Waals surface area contributed by atoms with Crippen molar-refractivity contribution in [1.29, 1.82) is 0 Å². The second-order valence-corrected chi connectivity index (χ2v) is 5.86. The number of guanidine groups is 1. The smallest absolute Gasteiger partial charge is 0.191 e. The van der Waals surface area contributed by atoms with Crippen molar-refractivity contribution in [2.24, 2.45) is 4.99 Å². The molecule has 3 aromatic rings. The van der Waals surface area contributed by atoms with Crippen LogP contribution in [-0.4, -0.2) is 38.6 Å². The average molecular weight is 351 g/mol. The van der Waals surface area contributed by atoms with Crippen molar-refractivity contribution in [3.05, 3.63) is 66.7 Å². The number of nitrogens with zero attached hydrogens (tertiary/aromatic N) is 5. The molecule has 0 radical (unpaired) electrons. The first-order chi connectivity index (χ1) is 12.8. The largest absolute Gasteiger partial charge is 0.357 e. The van der Waals surface area contributed by atoms with Crippen molar-refractivity contribution < 1.29 is 0 Å². The monoisotopic (exact) mass is 351 g/mol. The van der Waals surface area contributed by atoms with Gasteiger partial charge < -0.3 is 10.6 Å². The molecule has 0 atom stereocenters. The molecule has 7 heteroatoms. The highest BCUT2D eigenvalue weighted by molar-refractivity contribution is 5.79. The number of aryl methyl sites for hydroxylation is 1. The van der Waals surface area contributed by atoms with Crippen LogP contribution in [0.25, 0.3) is 5.69 Å². The molecule has 7 nitrogen and oxygen atoms in total. The van der Waals surface area contributed by atoms with Gasteiger partial charge in [0, 0.05) is 44.4 Å². The molecule has 0 aliphatic heterocycles. The number of rotatable bonds is 8. The lowest BCUT2D eigenvalue weighted by molar-refractivity contribution is 0.570. The quantitative estimate of drug-likeness (QED) is 0.371. The van der Waals surface area contributed by atoms with Crippen LogP contribution in [0.15, 0.2) is 66.2 Å². The van der Waals surface area contributed by atoms with Gasteiger partial charge in [0.15, 0.2) is 5.96 Å². The summed E-state index contributed by atoms with van der Waals surface area (Å²) in [5.74, 6) is 0.837. The van der Waals surface area contributed by atoms with E-state index in [0.29, 0.717) is 6.54 Å². The Balaban J connectivity index is 1.49. The fraction of sp³-hybridized carbons (Fsp3) is 0.316. The van der Waals surface area contributed by atoms with Gasteiger partial charge in [0.25, 0.3) is 0 Å². The first-order valence-corrected chi connectivity index (χ1v) is 8.93. The predicted molar refractivity (Wildman–Crippen MR) is 103 cm³/mol. The third-order valence-corrected chi connectivity index (χ3v) is 3.88. The van der Waals surface area contributed by atoms with Crippen LogP contribution in [0.1, 0.15) is 18.9 Å². The van der Waals surface area contributed by atoms with E-state index in [1.165, 1.54) is 0 Å². The molecule has 136 valence electrons. The zero-order valence-corrected chi connectivity index (χ0v) is 15.0. The zero-order chi connectivity index (χ0) is 18.0. The van der Waals surface area contributed by atoms with Crippen molar-refractivity contribution in [2.45, 2.75) is 26.4 Å². The summed E-state index contributed by atoms with van der Waals surface area (Å²) in [6.45, 7) is 5.29. The summed E-state index contributed by atoms with van der Waals surface area (Å²) < 4.78 is 3.78. The van der Waals surface area contributed by atoms with Crippen molar-refractivity contribution in [2.75, 3.05) is 13.1 Å². The third kappa shape index (κ3) is 5.20. The van der Waals surface area contributed by atoms with Gasteiger partial charge in [-0.3, -0.25) is 4.68 Å². The van der Waals surface area contributed by atoms with Crippen LogP contribution in [0, 0.1) is 0 Å². The minimum absolute atomic E-state index is 0.633. The zero-order valence-electron chi connectivity index (χ0n) is 15.0. The van der Waals surface area contributed by atoms with E-state index in [2.05, 4.69) is 57.0 Å². The SMILES string of the molecule is CCNC(=NCc1ccc(-n2cccn2)cc1)NCCCn1cccn1. The molecule has 1 aromatic carbocycles. The van der Waals surface area contributed by atoms with Crippen molar-refractivity contribution in [3.63, 3.8) is 0 Å². The minimum atomic E-state index is 0.633. The Morgan fingerprint density at radius 1 is 1.04 bits per heavy atom. The topological polar surface area (TPSA) is 72.1 Å². The van der Waals surface area contributed by atoms with Crippen LogP contribution in [0.3, 0.4) is 0 Å². The summed E-state index contributed by atoms with van der Waals surface area (Å²) in [5.41, 5.74) is 2.21. The molecule has 2 heterocycles. The van der Waals surface area contributed by atoms with Gasteiger partial charge in [-0.15, -0.1) is 0 Å². The summed E-state index contributed by atoms with van der Waals surface area (Å²) in [4.78, 5) is 4.66. The molecule has 26 heavy (non-hydrogen) atoms. The van der Waals surface area contributed by atoms with E-state index in [-0.39, 0.29) is 0 Å². The van der Waals surface area contributed by atoms with E-state index in [9.17, 15) is 0 Å². The molecule has 0 aliphatic carbocycles. The number of aliphatic imine (C=N–C) groups is 1. The van der Waals surface area contributed by atoms with Crippen LogP contribution >= 0.6 is 0 Å². The van der Waals surface area contributed by atoms with E-state index >= 15 is 0 Å². The van der Waals surface area contributed by atoms with Crippen LogP contribution < -0.4 is 10.6 Å². The van der Waals surface area contributed by atoms with Gasteiger partial charge in [0.1, 0.15) is 0 Å². The maximum absolute atomic E-state index is 4.66.